The largest absolute Gasteiger partial charge is 0.481 e. The third-order valence-electron chi connectivity index (χ3n) is 6.99. The summed E-state index contributed by atoms with van der Waals surface area (Å²) in [6, 6.07) is 4.95. The van der Waals surface area contributed by atoms with E-state index in [1.54, 1.807) is 18.2 Å². The van der Waals surface area contributed by atoms with Crippen LogP contribution in [0.4, 0.5) is 11.4 Å². The van der Waals surface area contributed by atoms with Gasteiger partial charge in [-0.05, 0) is 68.6 Å². The topological polar surface area (TPSA) is 84.2 Å². The van der Waals surface area contributed by atoms with Crippen LogP contribution in [0.25, 0.3) is 0 Å². The van der Waals surface area contributed by atoms with E-state index in [4.69, 9.17) is 34.8 Å². The summed E-state index contributed by atoms with van der Waals surface area (Å²) in [7, 11) is 0. The summed E-state index contributed by atoms with van der Waals surface area (Å²) in [6.45, 7) is 0. The fourth-order valence-corrected chi connectivity index (χ4v) is 7.05. The first-order valence-corrected chi connectivity index (χ1v) is 11.1. The summed E-state index contributed by atoms with van der Waals surface area (Å²) >= 11 is 18.5. The third kappa shape index (κ3) is 3.12. The van der Waals surface area contributed by atoms with Gasteiger partial charge in [0.1, 0.15) is 5.02 Å². The lowest BCUT2D eigenvalue weighted by Gasteiger charge is -2.60. The number of rotatable bonds is 4. The quantitative estimate of drug-likeness (QED) is 0.634. The zero-order chi connectivity index (χ0) is 21.3. The van der Waals surface area contributed by atoms with Gasteiger partial charge in [-0.3, -0.25) is 9.59 Å². The zero-order valence-corrected chi connectivity index (χ0v) is 18.3. The van der Waals surface area contributed by atoms with E-state index in [-0.39, 0.29) is 5.02 Å². The minimum absolute atomic E-state index is 0.0150. The van der Waals surface area contributed by atoms with Crippen LogP contribution in [0.15, 0.2) is 29.2 Å². The van der Waals surface area contributed by atoms with Crippen LogP contribution in [0.2, 0.25) is 15.1 Å². The molecule has 2 N–H and O–H groups in total. The number of aliphatic carboxylic acids is 1. The Bertz CT molecular complexity index is 1080. The van der Waals surface area contributed by atoms with Crippen molar-refractivity contribution < 1.29 is 9.90 Å². The van der Waals surface area contributed by atoms with Crippen LogP contribution in [-0.4, -0.2) is 20.9 Å². The molecule has 4 atom stereocenters. The van der Waals surface area contributed by atoms with Crippen molar-refractivity contribution in [3.63, 3.8) is 0 Å². The number of hydrogen-bond acceptors (Lipinski definition) is 4. The second kappa shape index (κ2) is 6.87. The van der Waals surface area contributed by atoms with Gasteiger partial charge in [0.2, 0.25) is 0 Å². The molecule has 6 rings (SSSR count). The molecular weight excluding hydrogens is 449 g/mol. The highest BCUT2D eigenvalue weighted by atomic mass is 35.5. The number of hydrogen-bond donors (Lipinski definition) is 2. The van der Waals surface area contributed by atoms with Gasteiger partial charge in [-0.15, -0.1) is 0 Å². The van der Waals surface area contributed by atoms with Crippen LogP contribution in [0, 0.1) is 17.3 Å². The summed E-state index contributed by atoms with van der Waals surface area (Å²) in [5, 5.41) is 18.4. The van der Waals surface area contributed by atoms with Crippen LogP contribution < -0.4 is 10.9 Å². The maximum Gasteiger partial charge on any atom is 0.309 e. The minimum atomic E-state index is -0.758. The first-order valence-electron chi connectivity index (χ1n) is 9.95. The SMILES string of the molecule is O=C(O)C12C[C@H]3C[C@@H](C1)CC(n1ncc(Nc4cc(Cl)cc(Cl)c4)c(Cl)c1=O)(C3)C2. The lowest BCUT2D eigenvalue weighted by Crippen LogP contribution is -2.61. The number of nitrogens with zero attached hydrogens (tertiary/aromatic N) is 2. The second-order valence-electron chi connectivity index (χ2n) is 9.14. The third-order valence-corrected chi connectivity index (χ3v) is 7.80. The molecule has 1 aromatic carbocycles. The predicted molar refractivity (Wildman–Crippen MR) is 116 cm³/mol. The van der Waals surface area contributed by atoms with E-state index in [0.29, 0.717) is 52.5 Å². The van der Waals surface area contributed by atoms with Crippen molar-refractivity contribution in [1.29, 1.82) is 0 Å². The first-order chi connectivity index (χ1) is 14.2. The average molecular weight is 469 g/mol. The summed E-state index contributed by atoms with van der Waals surface area (Å²) in [5.41, 5.74) is -0.799. The van der Waals surface area contributed by atoms with E-state index in [2.05, 4.69) is 10.4 Å². The van der Waals surface area contributed by atoms with Gasteiger partial charge >= 0.3 is 5.97 Å². The molecule has 0 spiro atoms. The standard InChI is InChI=1S/C21H20Cl3N3O3/c22-13-2-14(23)4-15(3-13)26-16-9-25-27(18(28)17(16)24)21-7-11-1-12(8-21)6-20(5-11,10-21)19(29)30/h2-4,9,11-12,26H,1,5-8,10H2,(H,29,30)/t11-,12+,20?,21?. The predicted octanol–water partition coefficient (Wildman–Crippen LogP) is 5.33. The number of aromatic nitrogens is 2. The highest BCUT2D eigenvalue weighted by Crippen LogP contribution is 2.63. The van der Waals surface area contributed by atoms with E-state index < -0.39 is 22.5 Å². The lowest BCUT2D eigenvalue weighted by atomic mass is 9.47. The normalized spacial score (nSPS) is 31.7. The van der Waals surface area contributed by atoms with Crippen LogP contribution >= 0.6 is 34.8 Å². The van der Waals surface area contributed by atoms with Gasteiger partial charge in [0.25, 0.3) is 5.56 Å². The Labute approximate surface area is 188 Å². The van der Waals surface area contributed by atoms with Gasteiger partial charge in [0.05, 0.1) is 22.8 Å². The molecule has 1 heterocycles. The van der Waals surface area contributed by atoms with Crippen molar-refractivity contribution in [2.75, 3.05) is 5.32 Å². The molecule has 2 unspecified atom stereocenters. The van der Waals surface area contributed by atoms with Gasteiger partial charge in [-0.1, -0.05) is 34.8 Å². The molecule has 158 valence electrons. The van der Waals surface area contributed by atoms with E-state index >= 15 is 0 Å². The molecule has 30 heavy (non-hydrogen) atoms. The number of halogens is 3. The fraction of sp³-hybridized carbons (Fsp3) is 0.476. The monoisotopic (exact) mass is 467 g/mol. The summed E-state index contributed by atoms with van der Waals surface area (Å²) in [4.78, 5) is 25.4. The van der Waals surface area contributed by atoms with Gasteiger partial charge < -0.3 is 10.4 Å². The molecule has 0 aliphatic heterocycles. The molecule has 1 aromatic heterocycles. The molecule has 0 saturated heterocycles. The molecular formula is C21H20Cl3N3O3. The molecule has 4 aliphatic carbocycles. The van der Waals surface area contributed by atoms with Crippen LogP contribution in [0.3, 0.4) is 0 Å². The number of nitrogens with one attached hydrogen (secondary N) is 1. The van der Waals surface area contributed by atoms with Gasteiger partial charge in [0.15, 0.2) is 0 Å². The highest BCUT2D eigenvalue weighted by molar-refractivity contribution is 6.35. The average Bonchev–Trinajstić information content (AvgIpc) is 2.63. The van der Waals surface area contributed by atoms with Crippen molar-refractivity contribution >= 4 is 52.1 Å². The second-order valence-corrected chi connectivity index (χ2v) is 10.4. The Morgan fingerprint density at radius 1 is 1.10 bits per heavy atom. The molecule has 4 fully saturated rings. The Morgan fingerprint density at radius 3 is 2.33 bits per heavy atom. The molecule has 4 saturated carbocycles. The van der Waals surface area contributed by atoms with Gasteiger partial charge in [-0.2, -0.15) is 5.10 Å². The van der Waals surface area contributed by atoms with Gasteiger partial charge in [-0.25, -0.2) is 4.68 Å². The Morgan fingerprint density at radius 2 is 1.73 bits per heavy atom. The molecule has 4 aliphatic rings. The van der Waals surface area contributed by atoms with Crippen LogP contribution in [-0.2, 0) is 10.3 Å². The molecule has 0 amide bonds. The Hall–Kier alpha value is -1.76. The number of anilines is 2. The maximum atomic E-state index is 13.2. The van der Waals surface area contributed by atoms with Crippen LogP contribution in [0.1, 0.15) is 38.5 Å². The molecule has 4 bridgehead atoms. The molecule has 9 heteroatoms. The number of benzene rings is 1. The Balaban J connectivity index is 1.53. The van der Waals surface area contributed by atoms with Crippen molar-refractivity contribution in [3.8, 4) is 0 Å². The van der Waals surface area contributed by atoms with Crippen molar-refractivity contribution in [2.24, 2.45) is 17.3 Å². The van der Waals surface area contributed by atoms with Crippen molar-refractivity contribution in [1.82, 2.24) is 9.78 Å². The number of carboxylic acid groups (broad SMARTS) is 1. The van der Waals surface area contributed by atoms with E-state index in [1.165, 1.54) is 10.9 Å². The Kier molecular flexibility index (Phi) is 4.62. The maximum absolute atomic E-state index is 13.2. The molecule has 2 aromatic rings. The fourth-order valence-electron chi connectivity index (χ4n) is 6.35. The van der Waals surface area contributed by atoms with Gasteiger partial charge in [0, 0.05) is 15.7 Å². The van der Waals surface area contributed by atoms with Crippen LogP contribution in [0.5, 0.6) is 0 Å². The van der Waals surface area contributed by atoms with Crippen molar-refractivity contribution in [3.05, 3.63) is 49.8 Å². The summed E-state index contributed by atoms with van der Waals surface area (Å²) in [5.74, 6) is -0.140. The first kappa shape index (κ1) is 20.2. The van der Waals surface area contributed by atoms with E-state index in [1.807, 2.05) is 0 Å². The number of carbonyl (C=O) groups is 1. The summed E-state index contributed by atoms with van der Waals surface area (Å²) in [6.07, 6.45) is 5.93. The van der Waals surface area contributed by atoms with E-state index in [0.717, 1.165) is 19.3 Å². The highest BCUT2D eigenvalue weighted by Gasteiger charge is 2.62. The molecule has 6 nitrogen and oxygen atoms in total. The van der Waals surface area contributed by atoms with E-state index in [9.17, 15) is 14.7 Å². The number of carboxylic acids is 1. The zero-order valence-electron chi connectivity index (χ0n) is 16.0. The minimum Gasteiger partial charge on any atom is -0.481 e. The summed E-state index contributed by atoms with van der Waals surface area (Å²) < 4.78 is 1.46. The van der Waals surface area contributed by atoms with Crippen molar-refractivity contribution in [2.45, 2.75) is 44.1 Å². The molecule has 0 radical (unpaired) electrons. The smallest absolute Gasteiger partial charge is 0.309 e. The lowest BCUT2D eigenvalue weighted by molar-refractivity contribution is -0.173.